The van der Waals surface area contributed by atoms with Crippen molar-refractivity contribution in [3.8, 4) is 6.07 Å². The average molecular weight is 370 g/mol. The summed E-state index contributed by atoms with van der Waals surface area (Å²) in [4.78, 5) is 0. The monoisotopic (exact) mass is 368 g/mol. The van der Waals surface area contributed by atoms with Crippen LogP contribution in [0.4, 0.5) is 15.8 Å². The maximum Gasteiger partial charge on any atom is 0.147 e. The van der Waals surface area contributed by atoms with Crippen molar-refractivity contribution in [1.29, 1.82) is 5.26 Å². The van der Waals surface area contributed by atoms with Gasteiger partial charge in [-0.1, -0.05) is 6.07 Å². The summed E-state index contributed by atoms with van der Waals surface area (Å²) in [5.74, 6) is -0.461. The van der Waals surface area contributed by atoms with Crippen LogP contribution in [0.2, 0.25) is 0 Å². The number of nitrogens with zero attached hydrogens (tertiary/aromatic N) is 1. The molecular weight excluding hydrogens is 363 g/mol. The summed E-state index contributed by atoms with van der Waals surface area (Å²) in [7, 11) is 0. The lowest BCUT2D eigenvalue weighted by Crippen LogP contribution is -1.96. The Labute approximate surface area is 121 Å². The summed E-state index contributed by atoms with van der Waals surface area (Å²) >= 11 is 6.78. The molecule has 0 aliphatic rings. The Balaban J connectivity index is 2.38. The third-order valence-electron chi connectivity index (χ3n) is 2.32. The van der Waals surface area contributed by atoms with E-state index < -0.39 is 5.82 Å². The highest BCUT2D eigenvalue weighted by Crippen LogP contribution is 2.33. The normalized spacial score (nSPS) is 9.89. The molecule has 0 amide bonds. The Morgan fingerprint density at radius 1 is 1.11 bits per heavy atom. The van der Waals surface area contributed by atoms with Gasteiger partial charge >= 0.3 is 0 Å². The van der Waals surface area contributed by atoms with Crippen molar-refractivity contribution in [3.63, 3.8) is 0 Å². The molecule has 90 valence electrons. The molecule has 0 bridgehead atoms. The van der Waals surface area contributed by atoms with E-state index in [1.807, 2.05) is 24.3 Å². The third-order valence-corrected chi connectivity index (χ3v) is 3.64. The minimum atomic E-state index is -0.461. The first-order chi connectivity index (χ1) is 8.61. The van der Waals surface area contributed by atoms with E-state index >= 15 is 0 Å². The van der Waals surface area contributed by atoms with Crippen LogP contribution in [0.25, 0.3) is 0 Å². The molecule has 0 heterocycles. The number of hydrogen-bond acceptors (Lipinski definition) is 2. The Morgan fingerprint density at radius 3 is 2.33 bits per heavy atom. The zero-order chi connectivity index (χ0) is 13.1. The van der Waals surface area contributed by atoms with Crippen LogP contribution < -0.4 is 5.32 Å². The molecule has 0 aromatic heterocycles. The number of nitrogens with one attached hydrogen (secondary N) is 1. The quantitative estimate of drug-likeness (QED) is 0.811. The highest BCUT2D eigenvalue weighted by atomic mass is 79.9. The van der Waals surface area contributed by atoms with Gasteiger partial charge in [-0.25, -0.2) is 4.39 Å². The van der Waals surface area contributed by atoms with Crippen LogP contribution in [0.1, 0.15) is 5.56 Å². The van der Waals surface area contributed by atoms with Crippen molar-refractivity contribution in [2.24, 2.45) is 0 Å². The lowest BCUT2D eigenvalue weighted by Gasteiger charge is -2.11. The smallest absolute Gasteiger partial charge is 0.147 e. The van der Waals surface area contributed by atoms with E-state index in [1.165, 1.54) is 6.07 Å². The Bertz CT molecular complexity index is 615. The summed E-state index contributed by atoms with van der Waals surface area (Å²) in [5.41, 5.74) is 1.35. The van der Waals surface area contributed by atoms with E-state index in [9.17, 15) is 4.39 Å². The van der Waals surface area contributed by atoms with Gasteiger partial charge in [-0.05, 0) is 62.2 Å². The van der Waals surface area contributed by atoms with E-state index in [4.69, 9.17) is 5.26 Å². The van der Waals surface area contributed by atoms with Crippen LogP contribution in [0.15, 0.2) is 45.3 Å². The first-order valence-corrected chi connectivity index (χ1v) is 6.61. The Morgan fingerprint density at radius 2 is 1.78 bits per heavy atom. The number of hydrogen-bond donors (Lipinski definition) is 1. The lowest BCUT2D eigenvalue weighted by molar-refractivity contribution is 0.631. The molecule has 2 aromatic carbocycles. The second-order valence-corrected chi connectivity index (χ2v) is 5.24. The molecule has 5 heteroatoms. The molecule has 0 saturated heterocycles. The van der Waals surface area contributed by atoms with Gasteiger partial charge in [-0.15, -0.1) is 0 Å². The van der Waals surface area contributed by atoms with E-state index in [-0.39, 0.29) is 0 Å². The summed E-state index contributed by atoms with van der Waals surface area (Å²) in [6, 6.07) is 11.8. The maximum atomic E-state index is 13.7. The fraction of sp³-hybridized carbons (Fsp3) is 0. The fourth-order valence-corrected chi connectivity index (χ4v) is 2.63. The Kier molecular flexibility index (Phi) is 4.00. The van der Waals surface area contributed by atoms with Crippen LogP contribution in [0.5, 0.6) is 0 Å². The van der Waals surface area contributed by atoms with Crippen molar-refractivity contribution in [2.45, 2.75) is 0 Å². The zero-order valence-corrected chi connectivity index (χ0v) is 12.2. The second kappa shape index (κ2) is 5.51. The summed E-state index contributed by atoms with van der Waals surface area (Å²) in [6.07, 6.45) is 0. The Hall–Kier alpha value is -1.38. The molecule has 18 heavy (non-hydrogen) atoms. The summed E-state index contributed by atoms with van der Waals surface area (Å²) < 4.78 is 15.4. The fourth-order valence-electron chi connectivity index (χ4n) is 1.44. The van der Waals surface area contributed by atoms with E-state index in [0.717, 1.165) is 14.6 Å². The van der Waals surface area contributed by atoms with Crippen molar-refractivity contribution in [1.82, 2.24) is 0 Å². The SMILES string of the molecule is N#Cc1ccc(Nc2c(Br)cccc2Br)c(F)c1. The topological polar surface area (TPSA) is 35.8 Å². The minimum Gasteiger partial charge on any atom is -0.351 e. The minimum absolute atomic E-state index is 0.296. The summed E-state index contributed by atoms with van der Waals surface area (Å²) in [5, 5.41) is 11.7. The highest BCUT2D eigenvalue weighted by molar-refractivity contribution is 9.11. The molecule has 0 radical (unpaired) electrons. The average Bonchev–Trinajstić information content (AvgIpc) is 2.35. The van der Waals surface area contributed by atoms with Gasteiger partial charge < -0.3 is 5.32 Å². The maximum absolute atomic E-state index is 13.7. The van der Waals surface area contributed by atoms with Crippen LogP contribution in [-0.4, -0.2) is 0 Å². The predicted molar refractivity (Wildman–Crippen MR) is 76.2 cm³/mol. The molecule has 2 nitrogen and oxygen atoms in total. The highest BCUT2D eigenvalue weighted by Gasteiger charge is 2.08. The number of anilines is 2. The van der Waals surface area contributed by atoms with Gasteiger partial charge in [0, 0.05) is 8.95 Å². The van der Waals surface area contributed by atoms with E-state index in [0.29, 0.717) is 11.3 Å². The molecular formula is C13H7Br2FN2. The van der Waals surface area contributed by atoms with Gasteiger partial charge in [-0.2, -0.15) is 5.26 Å². The third kappa shape index (κ3) is 2.71. The molecule has 0 unspecified atom stereocenters. The van der Waals surface area contributed by atoms with E-state index in [1.54, 1.807) is 12.1 Å². The van der Waals surface area contributed by atoms with Gasteiger partial charge in [0.25, 0.3) is 0 Å². The standard InChI is InChI=1S/C13H7Br2FN2/c14-9-2-1-3-10(15)13(9)18-12-5-4-8(7-17)6-11(12)16/h1-6,18H. The van der Waals surface area contributed by atoms with Gasteiger partial charge in [0.1, 0.15) is 5.82 Å². The van der Waals surface area contributed by atoms with Gasteiger partial charge in [0.05, 0.1) is 23.0 Å². The number of para-hydroxylation sites is 1. The van der Waals surface area contributed by atoms with Crippen LogP contribution in [0, 0.1) is 17.1 Å². The molecule has 0 aliphatic heterocycles. The van der Waals surface area contributed by atoms with Crippen LogP contribution in [0.3, 0.4) is 0 Å². The van der Waals surface area contributed by atoms with Crippen LogP contribution >= 0.6 is 31.9 Å². The first kappa shape index (κ1) is 13.1. The predicted octanol–water partition coefficient (Wildman–Crippen LogP) is 4.97. The molecule has 0 fully saturated rings. The van der Waals surface area contributed by atoms with Crippen molar-refractivity contribution in [3.05, 3.63) is 56.7 Å². The number of rotatable bonds is 2. The summed E-state index contributed by atoms with van der Waals surface area (Å²) in [6.45, 7) is 0. The molecule has 0 spiro atoms. The largest absolute Gasteiger partial charge is 0.351 e. The van der Waals surface area contributed by atoms with Gasteiger partial charge in [0.15, 0.2) is 0 Å². The van der Waals surface area contributed by atoms with Crippen molar-refractivity contribution < 1.29 is 4.39 Å². The number of halogens is 3. The van der Waals surface area contributed by atoms with E-state index in [2.05, 4.69) is 37.2 Å². The molecule has 0 aliphatic carbocycles. The zero-order valence-electron chi connectivity index (χ0n) is 9.05. The first-order valence-electron chi connectivity index (χ1n) is 5.02. The number of nitriles is 1. The second-order valence-electron chi connectivity index (χ2n) is 3.53. The molecule has 0 atom stereocenters. The lowest BCUT2D eigenvalue weighted by atomic mass is 10.2. The van der Waals surface area contributed by atoms with Crippen molar-refractivity contribution >= 4 is 43.2 Å². The molecule has 1 N–H and O–H groups in total. The van der Waals surface area contributed by atoms with Gasteiger partial charge in [-0.3, -0.25) is 0 Å². The van der Waals surface area contributed by atoms with Gasteiger partial charge in [0.2, 0.25) is 0 Å². The molecule has 2 rings (SSSR count). The number of benzene rings is 2. The van der Waals surface area contributed by atoms with Crippen LogP contribution in [-0.2, 0) is 0 Å². The molecule has 0 saturated carbocycles. The molecule has 2 aromatic rings. The van der Waals surface area contributed by atoms with Crippen molar-refractivity contribution in [2.75, 3.05) is 5.32 Å².